The largest absolute Gasteiger partial charge is 0.455 e. The molecule has 0 radical (unpaired) electrons. The highest BCUT2D eigenvalue weighted by molar-refractivity contribution is 6.31. The molecule has 0 unspecified atom stereocenters. The number of piperidine rings is 1. The number of rotatable bonds is 6. The molecular weight excluding hydrogens is 461 g/mol. The standard InChI is InChI=1S/C23H22ClF3N2O4/c24-19-4-2-1-3-17(19)13-28-20(30)14-33-22(32)16-9-11-29(12-10-16)21(31)15-5-7-18(8-6-15)23(25,26)27/h1-8,16H,9-14H2,(H,28,30). The third kappa shape index (κ3) is 6.71. The van der Waals surface area contributed by atoms with Crippen LogP contribution in [-0.4, -0.2) is 42.4 Å². The van der Waals surface area contributed by atoms with Crippen molar-refractivity contribution in [1.29, 1.82) is 0 Å². The fraction of sp³-hybridized carbons (Fsp3) is 0.348. The van der Waals surface area contributed by atoms with Gasteiger partial charge in [0.05, 0.1) is 11.5 Å². The third-order valence-electron chi connectivity index (χ3n) is 5.35. The number of alkyl halides is 3. The first-order chi connectivity index (χ1) is 15.6. The summed E-state index contributed by atoms with van der Waals surface area (Å²) in [5, 5.41) is 3.15. The van der Waals surface area contributed by atoms with E-state index in [2.05, 4.69) is 5.32 Å². The first-order valence-electron chi connectivity index (χ1n) is 10.3. The van der Waals surface area contributed by atoms with Crippen molar-refractivity contribution in [2.75, 3.05) is 19.7 Å². The van der Waals surface area contributed by atoms with Crippen molar-refractivity contribution in [1.82, 2.24) is 10.2 Å². The van der Waals surface area contributed by atoms with E-state index in [9.17, 15) is 27.6 Å². The molecule has 0 spiro atoms. The Hall–Kier alpha value is -3.07. The molecule has 0 saturated carbocycles. The summed E-state index contributed by atoms with van der Waals surface area (Å²) >= 11 is 6.03. The number of hydrogen-bond donors (Lipinski definition) is 1. The van der Waals surface area contributed by atoms with Gasteiger partial charge in [-0.25, -0.2) is 0 Å². The van der Waals surface area contributed by atoms with Crippen LogP contribution in [0.3, 0.4) is 0 Å². The summed E-state index contributed by atoms with van der Waals surface area (Å²) in [6, 6.07) is 11.1. The summed E-state index contributed by atoms with van der Waals surface area (Å²) in [7, 11) is 0. The Bertz CT molecular complexity index is 1000. The van der Waals surface area contributed by atoms with Crippen LogP contribution in [-0.2, 0) is 27.0 Å². The van der Waals surface area contributed by atoms with Gasteiger partial charge in [-0.3, -0.25) is 14.4 Å². The van der Waals surface area contributed by atoms with Gasteiger partial charge in [-0.05, 0) is 48.7 Å². The summed E-state index contributed by atoms with van der Waals surface area (Å²) in [6.07, 6.45) is -3.79. The Labute approximate surface area is 193 Å². The number of nitrogens with zero attached hydrogens (tertiary/aromatic N) is 1. The highest BCUT2D eigenvalue weighted by atomic mass is 35.5. The number of esters is 1. The molecule has 1 fully saturated rings. The van der Waals surface area contributed by atoms with Crippen molar-refractivity contribution in [3.63, 3.8) is 0 Å². The Morgan fingerprint density at radius 2 is 1.67 bits per heavy atom. The molecule has 1 aliphatic heterocycles. The lowest BCUT2D eigenvalue weighted by Gasteiger charge is -2.31. The summed E-state index contributed by atoms with van der Waals surface area (Å²) in [6.45, 7) is 0.311. The average molecular weight is 483 g/mol. The van der Waals surface area contributed by atoms with E-state index >= 15 is 0 Å². The summed E-state index contributed by atoms with van der Waals surface area (Å²) in [5.74, 6) is -1.84. The second-order valence-electron chi connectivity index (χ2n) is 7.62. The minimum atomic E-state index is -4.47. The van der Waals surface area contributed by atoms with E-state index in [1.54, 1.807) is 24.3 Å². The van der Waals surface area contributed by atoms with Gasteiger partial charge in [0.25, 0.3) is 11.8 Å². The monoisotopic (exact) mass is 482 g/mol. The van der Waals surface area contributed by atoms with Crippen LogP contribution in [0.15, 0.2) is 48.5 Å². The van der Waals surface area contributed by atoms with Crippen LogP contribution in [0.4, 0.5) is 13.2 Å². The zero-order chi connectivity index (χ0) is 24.0. The van der Waals surface area contributed by atoms with E-state index < -0.39 is 42.0 Å². The second-order valence-corrected chi connectivity index (χ2v) is 8.02. The molecule has 2 aromatic carbocycles. The van der Waals surface area contributed by atoms with Crippen LogP contribution in [0, 0.1) is 5.92 Å². The van der Waals surface area contributed by atoms with Crippen LogP contribution in [0.1, 0.15) is 34.3 Å². The smallest absolute Gasteiger partial charge is 0.416 e. The van der Waals surface area contributed by atoms with E-state index in [1.165, 1.54) is 4.90 Å². The summed E-state index contributed by atoms with van der Waals surface area (Å²) in [5.41, 5.74) is 0.0690. The van der Waals surface area contributed by atoms with Crippen LogP contribution < -0.4 is 5.32 Å². The first kappa shape index (κ1) is 24.6. The topological polar surface area (TPSA) is 75.7 Å². The molecule has 1 aliphatic rings. The molecule has 0 aromatic heterocycles. The molecule has 33 heavy (non-hydrogen) atoms. The maximum absolute atomic E-state index is 12.7. The van der Waals surface area contributed by atoms with Crippen LogP contribution in [0.2, 0.25) is 5.02 Å². The number of carbonyl (C=O) groups excluding carboxylic acids is 3. The predicted octanol–water partition coefficient (Wildman–Crippen LogP) is 4.07. The third-order valence-corrected chi connectivity index (χ3v) is 5.72. The number of halogens is 4. The lowest BCUT2D eigenvalue weighted by Crippen LogP contribution is -2.41. The maximum Gasteiger partial charge on any atom is 0.416 e. The van der Waals surface area contributed by atoms with Gasteiger partial charge in [0.2, 0.25) is 0 Å². The Kier molecular flexibility index (Phi) is 7.97. The van der Waals surface area contributed by atoms with Gasteiger partial charge in [-0.1, -0.05) is 29.8 Å². The van der Waals surface area contributed by atoms with E-state index in [0.29, 0.717) is 17.9 Å². The number of carbonyl (C=O) groups is 3. The molecule has 2 aromatic rings. The highest BCUT2D eigenvalue weighted by Gasteiger charge is 2.32. The van der Waals surface area contributed by atoms with Crippen LogP contribution in [0.5, 0.6) is 0 Å². The lowest BCUT2D eigenvalue weighted by atomic mass is 9.96. The molecule has 0 atom stereocenters. The number of ether oxygens (including phenoxy) is 1. The van der Waals surface area contributed by atoms with Gasteiger partial charge in [-0.2, -0.15) is 13.2 Å². The molecule has 176 valence electrons. The van der Waals surface area contributed by atoms with E-state index in [-0.39, 0.29) is 25.2 Å². The van der Waals surface area contributed by atoms with E-state index in [1.807, 2.05) is 0 Å². The van der Waals surface area contributed by atoms with Gasteiger partial charge < -0.3 is 15.0 Å². The number of hydrogen-bond acceptors (Lipinski definition) is 4. The Morgan fingerprint density at radius 3 is 2.27 bits per heavy atom. The quantitative estimate of drug-likeness (QED) is 0.630. The van der Waals surface area contributed by atoms with E-state index in [0.717, 1.165) is 29.8 Å². The van der Waals surface area contributed by atoms with Gasteiger partial charge in [-0.15, -0.1) is 0 Å². The first-order valence-corrected chi connectivity index (χ1v) is 10.7. The molecular formula is C23H22ClF3N2O4. The average Bonchev–Trinajstić information content (AvgIpc) is 2.81. The molecule has 1 N–H and O–H groups in total. The minimum absolute atomic E-state index is 0.152. The number of likely N-dealkylation sites (tertiary alicyclic amines) is 1. The normalized spacial score (nSPS) is 14.6. The van der Waals surface area contributed by atoms with Gasteiger partial charge >= 0.3 is 12.1 Å². The van der Waals surface area contributed by atoms with Gasteiger partial charge in [0, 0.05) is 30.2 Å². The fourth-order valence-electron chi connectivity index (χ4n) is 3.44. The van der Waals surface area contributed by atoms with Crippen molar-refractivity contribution in [3.8, 4) is 0 Å². The number of benzene rings is 2. The Balaban J connectivity index is 1.41. The van der Waals surface area contributed by atoms with Gasteiger partial charge in [0.15, 0.2) is 6.61 Å². The second kappa shape index (κ2) is 10.7. The SMILES string of the molecule is O=C(COC(=O)C1CCN(C(=O)c2ccc(C(F)(F)F)cc2)CC1)NCc1ccccc1Cl. The fourth-order valence-corrected chi connectivity index (χ4v) is 3.65. The Morgan fingerprint density at radius 1 is 1.03 bits per heavy atom. The molecule has 10 heteroatoms. The van der Waals surface area contributed by atoms with Crippen molar-refractivity contribution in [2.24, 2.45) is 5.92 Å². The van der Waals surface area contributed by atoms with Crippen molar-refractivity contribution in [2.45, 2.75) is 25.6 Å². The summed E-state index contributed by atoms with van der Waals surface area (Å²) < 4.78 is 43.1. The van der Waals surface area contributed by atoms with Gasteiger partial charge in [0.1, 0.15) is 0 Å². The highest BCUT2D eigenvalue weighted by Crippen LogP contribution is 2.29. The molecule has 0 bridgehead atoms. The zero-order valence-corrected chi connectivity index (χ0v) is 18.3. The minimum Gasteiger partial charge on any atom is -0.455 e. The van der Waals surface area contributed by atoms with Crippen molar-refractivity contribution in [3.05, 3.63) is 70.2 Å². The van der Waals surface area contributed by atoms with Crippen LogP contribution >= 0.6 is 11.6 Å². The molecule has 1 saturated heterocycles. The predicted molar refractivity (Wildman–Crippen MR) is 114 cm³/mol. The number of amides is 2. The molecule has 3 rings (SSSR count). The van der Waals surface area contributed by atoms with Crippen molar-refractivity contribution < 1.29 is 32.3 Å². The van der Waals surface area contributed by atoms with E-state index in [4.69, 9.17) is 16.3 Å². The van der Waals surface area contributed by atoms with Crippen LogP contribution in [0.25, 0.3) is 0 Å². The molecule has 2 amide bonds. The molecule has 6 nitrogen and oxygen atoms in total. The lowest BCUT2D eigenvalue weighted by molar-refractivity contribution is -0.153. The molecule has 0 aliphatic carbocycles. The van der Waals surface area contributed by atoms with Crippen molar-refractivity contribution >= 4 is 29.4 Å². The summed E-state index contributed by atoms with van der Waals surface area (Å²) in [4.78, 5) is 38.2. The maximum atomic E-state index is 12.7. The number of nitrogens with one attached hydrogen (secondary N) is 1. The zero-order valence-electron chi connectivity index (χ0n) is 17.5. The molecule has 1 heterocycles.